The van der Waals surface area contributed by atoms with Crippen molar-refractivity contribution in [1.29, 1.82) is 0 Å². The molecular weight excluding hydrogens is 166 g/mol. The van der Waals surface area contributed by atoms with Gasteiger partial charge in [-0.05, 0) is 56.1 Å². The summed E-state index contributed by atoms with van der Waals surface area (Å²) in [6, 6.07) is 0.873. The van der Waals surface area contributed by atoms with Gasteiger partial charge in [-0.1, -0.05) is 0 Å². The maximum Gasteiger partial charge on any atom is 0.00701 e. The molecule has 0 aromatic rings. The minimum atomic E-state index is 0.873. The highest BCUT2D eigenvalue weighted by Crippen LogP contribution is 2.27. The van der Waals surface area contributed by atoms with Crippen LogP contribution in [-0.4, -0.2) is 24.1 Å². The third-order valence-electron chi connectivity index (χ3n) is 3.12. The first-order valence-electron chi connectivity index (χ1n) is 5.26. The fraction of sp³-hybridized carbons (Fsp3) is 1.00. The van der Waals surface area contributed by atoms with Crippen LogP contribution in [0.4, 0.5) is 0 Å². The Labute approximate surface area is 79.7 Å². The number of hydrogen-bond acceptors (Lipinski definition) is 2. The molecule has 0 saturated carbocycles. The second-order valence-corrected chi connectivity index (χ2v) is 5.31. The zero-order valence-electron chi connectivity index (χ0n) is 7.72. The highest BCUT2D eigenvalue weighted by Gasteiger charge is 2.20. The molecule has 0 spiro atoms. The van der Waals surface area contributed by atoms with Crippen molar-refractivity contribution >= 4 is 11.8 Å². The van der Waals surface area contributed by atoms with E-state index < -0.39 is 0 Å². The summed E-state index contributed by atoms with van der Waals surface area (Å²) in [7, 11) is 0. The summed E-state index contributed by atoms with van der Waals surface area (Å²) in [6.45, 7) is 1.27. The van der Waals surface area contributed by atoms with E-state index >= 15 is 0 Å². The lowest BCUT2D eigenvalue weighted by molar-refractivity contribution is 0.389. The van der Waals surface area contributed by atoms with Gasteiger partial charge in [0.15, 0.2) is 0 Å². The predicted octanol–water partition coefficient (Wildman–Crippen LogP) is 2.27. The Morgan fingerprint density at radius 2 is 2.00 bits per heavy atom. The molecular formula is C10H19NS. The molecule has 1 N–H and O–H groups in total. The third-order valence-corrected chi connectivity index (χ3v) is 4.17. The Morgan fingerprint density at radius 1 is 1.17 bits per heavy atom. The van der Waals surface area contributed by atoms with Gasteiger partial charge in [-0.3, -0.25) is 0 Å². The van der Waals surface area contributed by atoms with Crippen LogP contribution < -0.4 is 5.32 Å². The highest BCUT2D eigenvalue weighted by molar-refractivity contribution is 7.99. The molecule has 2 heteroatoms. The molecule has 2 fully saturated rings. The molecule has 1 unspecified atom stereocenters. The van der Waals surface area contributed by atoms with Crippen molar-refractivity contribution in [3.8, 4) is 0 Å². The zero-order valence-corrected chi connectivity index (χ0v) is 8.54. The van der Waals surface area contributed by atoms with Crippen LogP contribution in [0.1, 0.15) is 32.1 Å². The minimum absolute atomic E-state index is 0.873. The van der Waals surface area contributed by atoms with Crippen molar-refractivity contribution in [2.45, 2.75) is 38.1 Å². The summed E-state index contributed by atoms with van der Waals surface area (Å²) in [4.78, 5) is 0. The van der Waals surface area contributed by atoms with Gasteiger partial charge in [-0.15, -0.1) is 0 Å². The Bertz CT molecular complexity index is 126. The first-order valence-corrected chi connectivity index (χ1v) is 6.42. The molecule has 2 saturated heterocycles. The lowest BCUT2D eigenvalue weighted by Gasteiger charge is -2.24. The van der Waals surface area contributed by atoms with E-state index in [0.29, 0.717) is 0 Å². The van der Waals surface area contributed by atoms with Crippen LogP contribution in [0.5, 0.6) is 0 Å². The summed E-state index contributed by atoms with van der Waals surface area (Å²) in [5.74, 6) is 3.87. The molecule has 0 bridgehead atoms. The molecule has 0 amide bonds. The fourth-order valence-electron chi connectivity index (χ4n) is 2.34. The minimum Gasteiger partial charge on any atom is -0.314 e. The van der Waals surface area contributed by atoms with E-state index in [1.807, 2.05) is 0 Å². The molecule has 2 heterocycles. The van der Waals surface area contributed by atoms with E-state index in [9.17, 15) is 0 Å². The Balaban J connectivity index is 1.69. The van der Waals surface area contributed by atoms with Gasteiger partial charge in [0.2, 0.25) is 0 Å². The lowest BCUT2D eigenvalue weighted by Crippen LogP contribution is -2.25. The number of thioether (sulfide) groups is 1. The fourth-order valence-corrected chi connectivity index (χ4v) is 3.55. The van der Waals surface area contributed by atoms with E-state index in [-0.39, 0.29) is 0 Å². The molecule has 0 aliphatic carbocycles. The van der Waals surface area contributed by atoms with Gasteiger partial charge < -0.3 is 5.32 Å². The van der Waals surface area contributed by atoms with Crippen LogP contribution in [0.15, 0.2) is 0 Å². The molecule has 1 atom stereocenters. The van der Waals surface area contributed by atoms with Crippen molar-refractivity contribution < 1.29 is 0 Å². The normalized spacial score (nSPS) is 32.5. The molecule has 70 valence electrons. The molecule has 2 rings (SSSR count). The van der Waals surface area contributed by atoms with E-state index in [1.165, 1.54) is 50.2 Å². The number of hydrogen-bond donors (Lipinski definition) is 1. The van der Waals surface area contributed by atoms with E-state index in [0.717, 1.165) is 12.0 Å². The molecule has 0 radical (unpaired) electrons. The highest BCUT2D eigenvalue weighted by atomic mass is 32.2. The molecule has 2 aliphatic rings. The maximum atomic E-state index is 3.60. The number of rotatable bonds is 2. The molecule has 2 aliphatic heterocycles. The summed E-state index contributed by atoms with van der Waals surface area (Å²) in [6.07, 6.45) is 7.25. The van der Waals surface area contributed by atoms with Gasteiger partial charge in [0.1, 0.15) is 0 Å². The van der Waals surface area contributed by atoms with Crippen molar-refractivity contribution in [2.24, 2.45) is 5.92 Å². The second-order valence-electron chi connectivity index (χ2n) is 4.08. The SMILES string of the molecule is C1CNC(CC2CCSCC2)C1. The van der Waals surface area contributed by atoms with E-state index in [1.54, 1.807) is 0 Å². The van der Waals surface area contributed by atoms with Crippen molar-refractivity contribution in [2.75, 3.05) is 18.1 Å². The zero-order chi connectivity index (χ0) is 8.23. The van der Waals surface area contributed by atoms with E-state index in [2.05, 4.69) is 17.1 Å². The van der Waals surface area contributed by atoms with Gasteiger partial charge in [0.25, 0.3) is 0 Å². The number of nitrogens with one attached hydrogen (secondary N) is 1. The largest absolute Gasteiger partial charge is 0.314 e. The first kappa shape index (κ1) is 8.89. The smallest absolute Gasteiger partial charge is 0.00701 e. The van der Waals surface area contributed by atoms with Crippen LogP contribution in [0.25, 0.3) is 0 Å². The topological polar surface area (TPSA) is 12.0 Å². The van der Waals surface area contributed by atoms with Gasteiger partial charge in [0, 0.05) is 6.04 Å². The van der Waals surface area contributed by atoms with Gasteiger partial charge in [-0.25, -0.2) is 0 Å². The van der Waals surface area contributed by atoms with E-state index in [4.69, 9.17) is 0 Å². The Morgan fingerprint density at radius 3 is 2.67 bits per heavy atom. The monoisotopic (exact) mass is 185 g/mol. The van der Waals surface area contributed by atoms with Crippen LogP contribution in [0, 0.1) is 5.92 Å². The first-order chi connectivity index (χ1) is 5.95. The van der Waals surface area contributed by atoms with Gasteiger partial charge in [0.05, 0.1) is 0 Å². The molecule has 12 heavy (non-hydrogen) atoms. The third kappa shape index (κ3) is 2.40. The summed E-state index contributed by atoms with van der Waals surface area (Å²) in [5.41, 5.74) is 0. The molecule has 1 nitrogen and oxygen atoms in total. The van der Waals surface area contributed by atoms with Crippen LogP contribution in [0.2, 0.25) is 0 Å². The van der Waals surface area contributed by atoms with Crippen LogP contribution in [-0.2, 0) is 0 Å². The standard InChI is InChI=1S/C10H19NS/c1-2-10(11-5-1)8-9-3-6-12-7-4-9/h9-11H,1-8H2. The lowest BCUT2D eigenvalue weighted by atomic mass is 9.94. The van der Waals surface area contributed by atoms with Crippen molar-refractivity contribution in [1.82, 2.24) is 5.32 Å². The second kappa shape index (κ2) is 4.52. The Kier molecular flexibility index (Phi) is 3.35. The Hall–Kier alpha value is 0.310. The maximum absolute atomic E-state index is 3.60. The summed E-state index contributed by atoms with van der Waals surface area (Å²) < 4.78 is 0. The quantitative estimate of drug-likeness (QED) is 0.708. The molecule has 0 aromatic carbocycles. The van der Waals surface area contributed by atoms with Gasteiger partial charge >= 0.3 is 0 Å². The average molecular weight is 185 g/mol. The summed E-state index contributed by atoms with van der Waals surface area (Å²) in [5, 5.41) is 3.60. The van der Waals surface area contributed by atoms with Crippen molar-refractivity contribution in [3.05, 3.63) is 0 Å². The predicted molar refractivity (Wildman–Crippen MR) is 55.7 cm³/mol. The van der Waals surface area contributed by atoms with Crippen LogP contribution >= 0.6 is 11.8 Å². The van der Waals surface area contributed by atoms with Crippen molar-refractivity contribution in [3.63, 3.8) is 0 Å². The van der Waals surface area contributed by atoms with Gasteiger partial charge in [-0.2, -0.15) is 11.8 Å². The van der Waals surface area contributed by atoms with Crippen LogP contribution in [0.3, 0.4) is 0 Å². The average Bonchev–Trinajstić information content (AvgIpc) is 2.59. The summed E-state index contributed by atoms with van der Waals surface area (Å²) >= 11 is 2.14. The molecule has 0 aromatic heterocycles.